The molecule has 0 aliphatic heterocycles. The Kier molecular flexibility index (Phi) is 4.98. The number of anilines is 2. The molecule has 5 nitrogen and oxygen atoms in total. The predicted octanol–water partition coefficient (Wildman–Crippen LogP) is 3.72. The van der Waals surface area contributed by atoms with Gasteiger partial charge in [0.2, 0.25) is 0 Å². The van der Waals surface area contributed by atoms with E-state index in [0.29, 0.717) is 11.1 Å². The standard InChI is InChI=1S/C21H24N4O/c1-5-22-17-13-11-16(12-14-17)15(2)19-20(24(3)4)23-25(21(19)26)18-9-7-6-8-10-18/h6-14,22-23H,2,5H2,1,3-4H3. The summed E-state index contributed by atoms with van der Waals surface area (Å²) in [7, 11) is 3.82. The Hall–Kier alpha value is -3.21. The zero-order valence-corrected chi connectivity index (χ0v) is 15.4. The van der Waals surface area contributed by atoms with Crippen molar-refractivity contribution in [3.8, 4) is 5.69 Å². The van der Waals surface area contributed by atoms with E-state index in [1.165, 1.54) is 0 Å². The molecular formula is C21H24N4O. The van der Waals surface area contributed by atoms with Gasteiger partial charge in [-0.15, -0.1) is 0 Å². The molecule has 0 unspecified atom stereocenters. The highest BCUT2D eigenvalue weighted by atomic mass is 16.1. The number of hydrogen-bond donors (Lipinski definition) is 2. The molecular weight excluding hydrogens is 324 g/mol. The number of aromatic nitrogens is 2. The predicted molar refractivity (Wildman–Crippen MR) is 109 cm³/mol. The molecule has 134 valence electrons. The van der Waals surface area contributed by atoms with Crippen molar-refractivity contribution >= 4 is 17.1 Å². The molecule has 1 heterocycles. The fourth-order valence-corrected chi connectivity index (χ4v) is 2.92. The van der Waals surface area contributed by atoms with Crippen LogP contribution in [-0.2, 0) is 0 Å². The highest BCUT2D eigenvalue weighted by Crippen LogP contribution is 2.27. The Balaban J connectivity index is 2.07. The van der Waals surface area contributed by atoms with E-state index >= 15 is 0 Å². The van der Waals surface area contributed by atoms with Gasteiger partial charge in [0.25, 0.3) is 5.56 Å². The van der Waals surface area contributed by atoms with Crippen molar-refractivity contribution in [1.29, 1.82) is 0 Å². The van der Waals surface area contributed by atoms with E-state index in [1.54, 1.807) is 4.68 Å². The molecule has 0 fully saturated rings. The third kappa shape index (κ3) is 3.28. The maximum absolute atomic E-state index is 13.1. The van der Waals surface area contributed by atoms with Crippen LogP contribution in [0.2, 0.25) is 0 Å². The maximum atomic E-state index is 13.1. The van der Waals surface area contributed by atoms with Crippen LogP contribution >= 0.6 is 0 Å². The Morgan fingerprint density at radius 1 is 1.12 bits per heavy atom. The van der Waals surface area contributed by atoms with Crippen molar-refractivity contribution in [2.45, 2.75) is 6.92 Å². The Labute approximate surface area is 153 Å². The van der Waals surface area contributed by atoms with Crippen LogP contribution in [0, 0.1) is 0 Å². The smallest absolute Gasteiger partial charge is 0.281 e. The molecule has 0 radical (unpaired) electrons. The van der Waals surface area contributed by atoms with Crippen molar-refractivity contribution in [2.75, 3.05) is 30.9 Å². The van der Waals surface area contributed by atoms with Crippen LogP contribution in [0.5, 0.6) is 0 Å². The zero-order chi connectivity index (χ0) is 18.7. The first-order valence-electron chi connectivity index (χ1n) is 8.64. The van der Waals surface area contributed by atoms with E-state index < -0.39 is 0 Å². The summed E-state index contributed by atoms with van der Waals surface area (Å²) in [6, 6.07) is 17.5. The number of nitrogens with one attached hydrogen (secondary N) is 2. The third-order valence-electron chi connectivity index (χ3n) is 4.25. The Morgan fingerprint density at radius 3 is 2.35 bits per heavy atom. The molecule has 2 aromatic carbocycles. The number of rotatable bonds is 6. The zero-order valence-electron chi connectivity index (χ0n) is 15.4. The van der Waals surface area contributed by atoms with E-state index in [0.717, 1.165) is 29.3 Å². The summed E-state index contributed by atoms with van der Waals surface area (Å²) in [5, 5.41) is 6.48. The minimum absolute atomic E-state index is 0.111. The quantitative estimate of drug-likeness (QED) is 0.714. The van der Waals surface area contributed by atoms with Gasteiger partial charge in [0.05, 0.1) is 11.3 Å². The summed E-state index contributed by atoms with van der Waals surface area (Å²) in [4.78, 5) is 15.0. The lowest BCUT2D eigenvalue weighted by Crippen LogP contribution is -2.17. The van der Waals surface area contributed by atoms with Gasteiger partial charge in [-0.05, 0) is 42.3 Å². The molecule has 5 heteroatoms. The van der Waals surface area contributed by atoms with E-state index in [9.17, 15) is 4.79 Å². The number of nitrogens with zero attached hydrogens (tertiary/aromatic N) is 2. The topological polar surface area (TPSA) is 53.1 Å². The maximum Gasteiger partial charge on any atom is 0.281 e. The fourth-order valence-electron chi connectivity index (χ4n) is 2.92. The molecule has 0 saturated heterocycles. The molecule has 3 rings (SSSR count). The molecule has 0 amide bonds. The normalized spacial score (nSPS) is 10.6. The van der Waals surface area contributed by atoms with E-state index in [2.05, 4.69) is 23.9 Å². The van der Waals surface area contributed by atoms with Crippen LogP contribution in [0.3, 0.4) is 0 Å². The summed E-state index contributed by atoms with van der Waals surface area (Å²) < 4.78 is 1.56. The molecule has 0 saturated carbocycles. The number of benzene rings is 2. The van der Waals surface area contributed by atoms with Gasteiger partial charge >= 0.3 is 0 Å². The van der Waals surface area contributed by atoms with Crippen molar-refractivity contribution in [3.05, 3.63) is 82.7 Å². The lowest BCUT2D eigenvalue weighted by atomic mass is 10.0. The Morgan fingerprint density at radius 2 is 1.77 bits per heavy atom. The van der Waals surface area contributed by atoms with E-state index in [-0.39, 0.29) is 5.56 Å². The van der Waals surface area contributed by atoms with E-state index in [1.807, 2.05) is 73.6 Å². The average molecular weight is 348 g/mol. The molecule has 0 aliphatic carbocycles. The molecule has 0 atom stereocenters. The van der Waals surface area contributed by atoms with Crippen LogP contribution in [-0.4, -0.2) is 30.4 Å². The summed E-state index contributed by atoms with van der Waals surface area (Å²) >= 11 is 0. The monoisotopic (exact) mass is 348 g/mol. The first kappa shape index (κ1) is 17.6. The summed E-state index contributed by atoms with van der Waals surface area (Å²) in [5.41, 5.74) is 3.93. The summed E-state index contributed by atoms with van der Waals surface area (Å²) in [5.74, 6) is 0.736. The number of hydrogen-bond acceptors (Lipinski definition) is 3. The average Bonchev–Trinajstić information content (AvgIpc) is 3.00. The minimum Gasteiger partial charge on any atom is -0.385 e. The van der Waals surface area contributed by atoms with Gasteiger partial charge in [-0.3, -0.25) is 9.89 Å². The van der Waals surface area contributed by atoms with Gasteiger partial charge in [0, 0.05) is 26.3 Å². The second-order valence-electron chi connectivity index (χ2n) is 6.29. The fraction of sp³-hybridized carbons (Fsp3) is 0.190. The molecule has 1 aromatic heterocycles. The van der Waals surface area contributed by atoms with Crippen molar-refractivity contribution < 1.29 is 0 Å². The summed E-state index contributed by atoms with van der Waals surface area (Å²) in [6.07, 6.45) is 0. The van der Waals surface area contributed by atoms with Crippen LogP contribution in [0.1, 0.15) is 18.1 Å². The van der Waals surface area contributed by atoms with Crippen LogP contribution in [0.4, 0.5) is 11.5 Å². The highest BCUT2D eigenvalue weighted by Gasteiger charge is 2.20. The largest absolute Gasteiger partial charge is 0.385 e. The second-order valence-corrected chi connectivity index (χ2v) is 6.29. The molecule has 3 aromatic rings. The van der Waals surface area contributed by atoms with Crippen molar-refractivity contribution in [3.63, 3.8) is 0 Å². The van der Waals surface area contributed by atoms with Gasteiger partial charge in [-0.1, -0.05) is 36.9 Å². The minimum atomic E-state index is -0.111. The third-order valence-corrected chi connectivity index (χ3v) is 4.25. The van der Waals surface area contributed by atoms with Gasteiger partial charge in [-0.25, -0.2) is 4.68 Å². The lowest BCUT2D eigenvalue weighted by Gasteiger charge is -2.13. The number of para-hydroxylation sites is 1. The van der Waals surface area contributed by atoms with Gasteiger partial charge in [0.15, 0.2) is 0 Å². The molecule has 2 N–H and O–H groups in total. The number of H-pyrrole nitrogens is 1. The Bertz CT molecular complexity index is 950. The molecule has 0 spiro atoms. The summed E-state index contributed by atoms with van der Waals surface area (Å²) in [6.45, 7) is 7.12. The van der Waals surface area contributed by atoms with Crippen LogP contribution in [0.15, 0.2) is 66.0 Å². The van der Waals surface area contributed by atoms with Crippen molar-refractivity contribution in [2.24, 2.45) is 0 Å². The van der Waals surface area contributed by atoms with Gasteiger partial charge in [0.1, 0.15) is 5.82 Å². The van der Waals surface area contributed by atoms with Gasteiger partial charge in [-0.2, -0.15) is 0 Å². The van der Waals surface area contributed by atoms with Crippen LogP contribution in [0.25, 0.3) is 11.3 Å². The van der Waals surface area contributed by atoms with E-state index in [4.69, 9.17) is 0 Å². The van der Waals surface area contributed by atoms with Gasteiger partial charge < -0.3 is 10.2 Å². The van der Waals surface area contributed by atoms with Crippen LogP contribution < -0.4 is 15.8 Å². The molecule has 26 heavy (non-hydrogen) atoms. The first-order valence-corrected chi connectivity index (χ1v) is 8.64. The highest BCUT2D eigenvalue weighted by molar-refractivity contribution is 5.84. The molecule has 0 bridgehead atoms. The first-order chi connectivity index (χ1) is 12.5. The lowest BCUT2D eigenvalue weighted by molar-refractivity contribution is 0.839. The molecule has 0 aliphatic rings. The van der Waals surface area contributed by atoms with Crippen molar-refractivity contribution in [1.82, 2.24) is 9.78 Å². The SMILES string of the molecule is C=C(c1ccc(NCC)cc1)c1c(N(C)C)[nH]n(-c2ccccc2)c1=O. The number of aromatic amines is 1. The second kappa shape index (κ2) is 7.35.